The predicted octanol–water partition coefficient (Wildman–Crippen LogP) is -0.270. The maximum atomic E-state index is 10.7. The summed E-state index contributed by atoms with van der Waals surface area (Å²) in [6, 6.07) is -0.0694. The number of carbonyl (C=O) groups excluding carboxylic acids is 1. The Hall–Kier alpha value is -0.570. The highest BCUT2D eigenvalue weighted by atomic mass is 16.2. The number of nitrogens with one attached hydrogen (secondary N) is 2. The second kappa shape index (κ2) is 4.32. The summed E-state index contributed by atoms with van der Waals surface area (Å²) in [5.41, 5.74) is 0. The first kappa shape index (κ1) is 8.43. The minimum Gasteiger partial charge on any atom is -0.358 e. The minimum atomic E-state index is -0.0694. The van der Waals surface area contributed by atoms with Crippen molar-refractivity contribution in [3.05, 3.63) is 0 Å². The van der Waals surface area contributed by atoms with Gasteiger partial charge in [-0.25, -0.2) is 0 Å². The molecule has 3 nitrogen and oxygen atoms in total. The Labute approximate surface area is 55.8 Å². The van der Waals surface area contributed by atoms with E-state index in [-0.39, 0.29) is 11.9 Å². The summed E-state index contributed by atoms with van der Waals surface area (Å²) < 4.78 is 0. The highest BCUT2D eigenvalue weighted by Gasteiger charge is 2.06. The number of amides is 1. The molecule has 0 spiro atoms. The summed E-state index contributed by atoms with van der Waals surface area (Å²) in [6.07, 6.45) is 0. The van der Waals surface area contributed by atoms with Gasteiger partial charge in [0.15, 0.2) is 0 Å². The molecule has 0 bridgehead atoms. The summed E-state index contributed by atoms with van der Waals surface area (Å²) in [7, 11) is 1.64. The molecule has 54 valence electrons. The van der Waals surface area contributed by atoms with E-state index in [9.17, 15) is 4.79 Å². The smallest absolute Gasteiger partial charge is 0.236 e. The number of hydrogen-bond donors (Lipinski definition) is 2. The first-order chi connectivity index (χ1) is 4.22. The molecule has 0 aliphatic rings. The lowest BCUT2D eigenvalue weighted by Crippen LogP contribution is -2.40. The average molecular weight is 130 g/mol. The summed E-state index contributed by atoms with van der Waals surface area (Å²) in [4.78, 5) is 10.7. The van der Waals surface area contributed by atoms with Crippen molar-refractivity contribution in [1.29, 1.82) is 0 Å². The molecular formula is C6H14N2O. The molecule has 0 rings (SSSR count). The Morgan fingerprint density at radius 1 is 1.67 bits per heavy atom. The fraction of sp³-hybridized carbons (Fsp3) is 0.833. The third-order valence-electron chi connectivity index (χ3n) is 1.15. The van der Waals surface area contributed by atoms with Crippen LogP contribution in [0.1, 0.15) is 13.8 Å². The molecule has 0 radical (unpaired) electrons. The van der Waals surface area contributed by atoms with Crippen molar-refractivity contribution in [2.24, 2.45) is 0 Å². The normalized spacial score (nSPS) is 12.8. The van der Waals surface area contributed by atoms with E-state index < -0.39 is 0 Å². The van der Waals surface area contributed by atoms with Crippen LogP contribution in [-0.4, -0.2) is 25.5 Å². The van der Waals surface area contributed by atoms with Crippen LogP contribution in [0, 0.1) is 0 Å². The Morgan fingerprint density at radius 2 is 2.22 bits per heavy atom. The van der Waals surface area contributed by atoms with Gasteiger partial charge < -0.3 is 10.6 Å². The lowest BCUT2D eigenvalue weighted by atomic mass is 10.3. The van der Waals surface area contributed by atoms with Gasteiger partial charge in [0.05, 0.1) is 6.04 Å². The number of rotatable bonds is 3. The molecule has 0 aromatic carbocycles. The highest BCUT2D eigenvalue weighted by Crippen LogP contribution is 1.77. The molecule has 0 aliphatic carbocycles. The van der Waals surface area contributed by atoms with Gasteiger partial charge >= 0.3 is 0 Å². The third-order valence-corrected chi connectivity index (χ3v) is 1.15. The van der Waals surface area contributed by atoms with E-state index in [0.717, 1.165) is 6.54 Å². The Kier molecular flexibility index (Phi) is 4.05. The van der Waals surface area contributed by atoms with Crippen LogP contribution in [-0.2, 0) is 4.79 Å². The molecule has 0 aromatic heterocycles. The maximum absolute atomic E-state index is 10.7. The summed E-state index contributed by atoms with van der Waals surface area (Å²) >= 11 is 0. The lowest BCUT2D eigenvalue weighted by molar-refractivity contribution is -0.122. The van der Waals surface area contributed by atoms with Crippen LogP contribution >= 0.6 is 0 Å². The zero-order valence-electron chi connectivity index (χ0n) is 6.19. The van der Waals surface area contributed by atoms with Crippen LogP contribution in [0.4, 0.5) is 0 Å². The van der Waals surface area contributed by atoms with E-state index in [1.54, 1.807) is 7.05 Å². The van der Waals surface area contributed by atoms with Crippen molar-refractivity contribution in [2.75, 3.05) is 13.6 Å². The van der Waals surface area contributed by atoms with E-state index in [1.807, 2.05) is 13.8 Å². The van der Waals surface area contributed by atoms with E-state index in [4.69, 9.17) is 0 Å². The molecule has 1 unspecified atom stereocenters. The average Bonchev–Trinajstić information content (AvgIpc) is 1.87. The molecular weight excluding hydrogens is 116 g/mol. The van der Waals surface area contributed by atoms with Crippen molar-refractivity contribution >= 4 is 5.91 Å². The first-order valence-corrected chi connectivity index (χ1v) is 3.17. The standard InChI is InChI=1S/C6H14N2O/c1-4-8-5(2)6(9)7-3/h5,8H,4H2,1-3H3,(H,7,9). The van der Waals surface area contributed by atoms with E-state index in [2.05, 4.69) is 10.6 Å². The molecule has 3 heteroatoms. The van der Waals surface area contributed by atoms with E-state index in [1.165, 1.54) is 0 Å². The van der Waals surface area contributed by atoms with Crippen molar-refractivity contribution in [2.45, 2.75) is 19.9 Å². The van der Waals surface area contributed by atoms with Crippen molar-refractivity contribution in [3.8, 4) is 0 Å². The van der Waals surface area contributed by atoms with Crippen molar-refractivity contribution in [1.82, 2.24) is 10.6 Å². The van der Waals surface area contributed by atoms with Crippen LogP contribution in [0.5, 0.6) is 0 Å². The van der Waals surface area contributed by atoms with Gasteiger partial charge in [-0.15, -0.1) is 0 Å². The molecule has 0 saturated heterocycles. The molecule has 0 aliphatic heterocycles. The van der Waals surface area contributed by atoms with Gasteiger partial charge in [-0.3, -0.25) is 4.79 Å². The SMILES string of the molecule is CCNC(C)C(=O)NC. The molecule has 1 amide bonds. The second-order valence-corrected chi connectivity index (χ2v) is 1.89. The van der Waals surface area contributed by atoms with Gasteiger partial charge in [-0.1, -0.05) is 6.92 Å². The molecule has 0 fully saturated rings. The molecule has 9 heavy (non-hydrogen) atoms. The van der Waals surface area contributed by atoms with Gasteiger partial charge in [0.25, 0.3) is 0 Å². The molecule has 2 N–H and O–H groups in total. The van der Waals surface area contributed by atoms with Crippen molar-refractivity contribution in [3.63, 3.8) is 0 Å². The van der Waals surface area contributed by atoms with Crippen LogP contribution in [0.3, 0.4) is 0 Å². The molecule has 1 atom stereocenters. The topological polar surface area (TPSA) is 41.1 Å². The maximum Gasteiger partial charge on any atom is 0.236 e. The first-order valence-electron chi connectivity index (χ1n) is 3.17. The van der Waals surface area contributed by atoms with Gasteiger partial charge in [0.2, 0.25) is 5.91 Å². The fourth-order valence-electron chi connectivity index (χ4n) is 0.615. The summed E-state index contributed by atoms with van der Waals surface area (Å²) in [5.74, 6) is 0.0388. The summed E-state index contributed by atoms with van der Waals surface area (Å²) in [5, 5.41) is 5.53. The Balaban J connectivity index is 3.45. The van der Waals surface area contributed by atoms with Gasteiger partial charge in [-0.05, 0) is 13.5 Å². The van der Waals surface area contributed by atoms with Crippen molar-refractivity contribution < 1.29 is 4.79 Å². The zero-order valence-corrected chi connectivity index (χ0v) is 6.19. The summed E-state index contributed by atoms with van der Waals surface area (Å²) in [6.45, 7) is 4.64. The van der Waals surface area contributed by atoms with Crippen LogP contribution < -0.4 is 10.6 Å². The minimum absolute atomic E-state index is 0.0388. The van der Waals surface area contributed by atoms with Gasteiger partial charge in [0, 0.05) is 7.05 Å². The number of carbonyl (C=O) groups is 1. The van der Waals surface area contributed by atoms with Gasteiger partial charge in [0.1, 0.15) is 0 Å². The van der Waals surface area contributed by atoms with Crippen LogP contribution in [0.2, 0.25) is 0 Å². The molecule has 0 aromatic rings. The van der Waals surface area contributed by atoms with Gasteiger partial charge in [-0.2, -0.15) is 0 Å². The zero-order chi connectivity index (χ0) is 7.28. The number of hydrogen-bond acceptors (Lipinski definition) is 2. The van der Waals surface area contributed by atoms with E-state index in [0.29, 0.717) is 0 Å². The quantitative estimate of drug-likeness (QED) is 0.552. The van der Waals surface area contributed by atoms with Crippen LogP contribution in [0.25, 0.3) is 0 Å². The van der Waals surface area contributed by atoms with E-state index >= 15 is 0 Å². The Morgan fingerprint density at radius 3 is 2.56 bits per heavy atom. The third kappa shape index (κ3) is 3.08. The lowest BCUT2D eigenvalue weighted by Gasteiger charge is -2.08. The van der Waals surface area contributed by atoms with Crippen LogP contribution in [0.15, 0.2) is 0 Å². The largest absolute Gasteiger partial charge is 0.358 e. The number of likely N-dealkylation sites (N-methyl/N-ethyl adjacent to an activating group) is 2. The molecule has 0 heterocycles. The Bertz CT molecular complexity index is 93.1. The predicted molar refractivity (Wildman–Crippen MR) is 37.2 cm³/mol. The monoisotopic (exact) mass is 130 g/mol. The highest BCUT2D eigenvalue weighted by molar-refractivity contribution is 5.80. The fourth-order valence-corrected chi connectivity index (χ4v) is 0.615. The second-order valence-electron chi connectivity index (χ2n) is 1.89. The molecule has 0 saturated carbocycles.